The van der Waals surface area contributed by atoms with Gasteiger partial charge in [-0.2, -0.15) is 4.98 Å². The molecule has 1 aliphatic heterocycles. The Labute approximate surface area is 169 Å². The van der Waals surface area contributed by atoms with E-state index in [-0.39, 0.29) is 36.5 Å². The quantitative estimate of drug-likeness (QED) is 0.550. The molecule has 0 spiro atoms. The molecule has 0 saturated carbocycles. The van der Waals surface area contributed by atoms with Crippen molar-refractivity contribution in [3.63, 3.8) is 0 Å². The maximum atomic E-state index is 12.0. The van der Waals surface area contributed by atoms with E-state index in [1.807, 2.05) is 38.7 Å². The first-order valence-electron chi connectivity index (χ1n) is 9.64. The molecule has 1 aromatic heterocycles. The van der Waals surface area contributed by atoms with Crippen molar-refractivity contribution in [1.82, 2.24) is 9.71 Å². The molecule has 0 radical (unpaired) electrons. The van der Waals surface area contributed by atoms with Crippen LogP contribution >= 0.6 is 0 Å². The highest BCUT2D eigenvalue weighted by Gasteiger charge is 2.16. The number of rotatable bonds is 6. The van der Waals surface area contributed by atoms with Crippen LogP contribution in [0.15, 0.2) is 23.2 Å². The zero-order valence-corrected chi connectivity index (χ0v) is 17.3. The highest BCUT2D eigenvalue weighted by atomic mass is 16.6. The van der Waals surface area contributed by atoms with Crippen LogP contribution in [0.5, 0.6) is 0 Å². The summed E-state index contributed by atoms with van der Waals surface area (Å²) in [6, 6.07) is 1.49. The Morgan fingerprint density at radius 2 is 1.90 bits per heavy atom. The van der Waals surface area contributed by atoms with Crippen LogP contribution in [0.4, 0.5) is 21.2 Å². The number of carbonyl (C=O) groups excluding carboxylic acids is 2. The summed E-state index contributed by atoms with van der Waals surface area (Å²) in [4.78, 5) is 33.9. The Bertz CT molecular complexity index is 816. The Morgan fingerprint density at radius 3 is 2.52 bits per heavy atom. The standard InChI is InChI=1S/C19H29N5O5/c1-13(2)11-28-18(25)21-16-10-15(23-8-6-5-7-9-23)20-17(24(16)27)22-19(26)29-12-14(3)4/h5-6,10,13-14,27H,7-9,11-12H2,1-4H3,(H,21,25). The van der Waals surface area contributed by atoms with E-state index in [0.717, 1.165) is 6.42 Å². The predicted octanol–water partition coefficient (Wildman–Crippen LogP) is 2.78. The summed E-state index contributed by atoms with van der Waals surface area (Å²) in [6.07, 6.45) is 3.27. The topological polar surface area (TPSA) is 118 Å². The minimum atomic E-state index is -0.877. The Hall–Kier alpha value is -3.04. The number of ether oxygens (including phenoxy) is 2. The van der Waals surface area contributed by atoms with Gasteiger partial charge in [0.05, 0.1) is 13.2 Å². The van der Waals surface area contributed by atoms with Crippen molar-refractivity contribution < 1.29 is 24.3 Å². The molecular weight excluding hydrogens is 378 g/mol. The van der Waals surface area contributed by atoms with Crippen LogP contribution in [0, 0.1) is 11.8 Å². The Morgan fingerprint density at radius 1 is 1.21 bits per heavy atom. The van der Waals surface area contributed by atoms with E-state index in [0.29, 0.717) is 23.6 Å². The number of hydrogen-bond acceptors (Lipinski definition) is 7. The van der Waals surface area contributed by atoms with Gasteiger partial charge in [-0.15, -0.1) is 9.72 Å². The first kappa shape index (κ1) is 22.3. The molecule has 0 unspecified atom stereocenters. The van der Waals surface area contributed by atoms with Crippen molar-refractivity contribution in [2.75, 3.05) is 36.5 Å². The van der Waals surface area contributed by atoms with Crippen molar-refractivity contribution in [2.45, 2.75) is 34.1 Å². The molecule has 0 aromatic carbocycles. The zero-order chi connectivity index (χ0) is 21.4. The monoisotopic (exact) mass is 407 g/mol. The van der Waals surface area contributed by atoms with E-state index in [1.165, 1.54) is 6.07 Å². The second-order valence-electron chi connectivity index (χ2n) is 7.52. The summed E-state index contributed by atoms with van der Waals surface area (Å²) in [5.41, 5.74) is -0.301. The van der Waals surface area contributed by atoms with E-state index in [2.05, 4.69) is 21.4 Å². The van der Waals surface area contributed by atoms with Gasteiger partial charge >= 0.3 is 12.2 Å². The van der Waals surface area contributed by atoms with Crippen LogP contribution in [-0.4, -0.2) is 53.4 Å². The second kappa shape index (κ2) is 10.5. The molecule has 160 valence electrons. The molecular formula is C19H29N5O5. The molecule has 1 aromatic rings. The molecule has 0 fully saturated rings. The van der Waals surface area contributed by atoms with Crippen LogP contribution in [0.25, 0.3) is 0 Å². The van der Waals surface area contributed by atoms with Gasteiger partial charge in [-0.05, 0) is 18.3 Å². The fourth-order valence-corrected chi connectivity index (χ4v) is 2.38. The fourth-order valence-electron chi connectivity index (χ4n) is 2.38. The summed E-state index contributed by atoms with van der Waals surface area (Å²) >= 11 is 0. The third-order valence-electron chi connectivity index (χ3n) is 3.79. The summed E-state index contributed by atoms with van der Waals surface area (Å²) in [7, 11) is 0. The van der Waals surface area contributed by atoms with Crippen molar-refractivity contribution in [1.29, 1.82) is 0 Å². The van der Waals surface area contributed by atoms with Gasteiger partial charge in [-0.1, -0.05) is 39.8 Å². The molecule has 0 atom stereocenters. The van der Waals surface area contributed by atoms with Crippen LogP contribution in [0.2, 0.25) is 0 Å². The van der Waals surface area contributed by atoms with E-state index in [1.54, 1.807) is 0 Å². The fraction of sp³-hybridized carbons (Fsp3) is 0.579. The Kier molecular flexibility index (Phi) is 8.05. The van der Waals surface area contributed by atoms with Gasteiger partial charge in [-0.25, -0.2) is 9.59 Å². The molecule has 2 amide bonds. The molecule has 2 heterocycles. The smallest absolute Gasteiger partial charge is 0.437 e. The summed E-state index contributed by atoms with van der Waals surface area (Å²) < 4.78 is 10.6. The normalized spacial score (nSPS) is 14.4. The van der Waals surface area contributed by atoms with E-state index in [9.17, 15) is 14.8 Å². The minimum absolute atomic E-state index is 0.0197. The van der Waals surface area contributed by atoms with Gasteiger partial charge in [-0.3, -0.25) is 5.32 Å². The van der Waals surface area contributed by atoms with Gasteiger partial charge in [0.15, 0.2) is 5.82 Å². The van der Waals surface area contributed by atoms with Crippen LogP contribution in [0.1, 0.15) is 34.1 Å². The molecule has 10 heteroatoms. The van der Waals surface area contributed by atoms with Gasteiger partial charge in [0.1, 0.15) is 5.82 Å². The van der Waals surface area contributed by atoms with Gasteiger partial charge in [0.2, 0.25) is 0 Å². The average Bonchev–Trinajstić information content (AvgIpc) is 2.68. The van der Waals surface area contributed by atoms with Gasteiger partial charge in [0.25, 0.3) is 5.62 Å². The zero-order valence-electron chi connectivity index (χ0n) is 17.3. The lowest BCUT2D eigenvalue weighted by Crippen LogP contribution is -2.34. The van der Waals surface area contributed by atoms with Crippen LogP contribution in [-0.2, 0) is 9.47 Å². The predicted molar refractivity (Wildman–Crippen MR) is 107 cm³/mol. The molecule has 2 N–H and O–H groups in total. The third kappa shape index (κ3) is 7.13. The lowest BCUT2D eigenvalue weighted by molar-refractivity contribution is 0.136. The number of anilines is 2. The summed E-state index contributed by atoms with van der Waals surface area (Å²) in [6.45, 7) is 9.34. The number of aromatic nitrogens is 2. The third-order valence-corrected chi connectivity index (χ3v) is 3.79. The first-order valence-corrected chi connectivity index (χ1v) is 9.64. The maximum Gasteiger partial charge on any atom is 0.437 e. The molecule has 1 aliphatic rings. The number of hydrogen-bond donors (Lipinski definition) is 2. The molecule has 2 rings (SSSR count). The van der Waals surface area contributed by atoms with Crippen LogP contribution < -0.4 is 15.8 Å². The van der Waals surface area contributed by atoms with E-state index in [4.69, 9.17) is 9.47 Å². The van der Waals surface area contributed by atoms with Crippen LogP contribution in [0.3, 0.4) is 0 Å². The molecule has 0 aliphatic carbocycles. The van der Waals surface area contributed by atoms with Crippen molar-refractivity contribution in [3.8, 4) is 0 Å². The summed E-state index contributed by atoms with van der Waals surface area (Å²) in [5, 5.41) is 12.9. The maximum absolute atomic E-state index is 12.0. The molecule has 29 heavy (non-hydrogen) atoms. The van der Waals surface area contributed by atoms with Crippen molar-refractivity contribution in [2.24, 2.45) is 16.8 Å². The lowest BCUT2D eigenvalue weighted by Gasteiger charge is -2.25. The highest BCUT2D eigenvalue weighted by Crippen LogP contribution is 2.17. The summed E-state index contributed by atoms with van der Waals surface area (Å²) in [5.74, 6) is 0.738. The van der Waals surface area contributed by atoms with E-state index < -0.39 is 12.2 Å². The number of nitrogens with zero attached hydrogens (tertiary/aromatic N) is 4. The second-order valence-corrected chi connectivity index (χ2v) is 7.52. The average molecular weight is 407 g/mol. The van der Waals surface area contributed by atoms with Gasteiger partial charge < -0.3 is 19.6 Å². The first-order chi connectivity index (χ1) is 13.8. The SMILES string of the molecule is CC(C)COC(=O)N=c1nc(N2CC=CCC2)cc(NC(=O)OCC(C)C)n1O. The molecule has 0 bridgehead atoms. The molecule has 0 saturated heterocycles. The lowest BCUT2D eigenvalue weighted by atomic mass is 10.2. The number of nitrogens with one attached hydrogen (secondary N) is 1. The van der Waals surface area contributed by atoms with Crippen molar-refractivity contribution in [3.05, 3.63) is 23.8 Å². The molecule has 10 nitrogen and oxygen atoms in total. The minimum Gasteiger partial charge on any atom is -0.449 e. The number of amides is 2. The van der Waals surface area contributed by atoms with Crippen molar-refractivity contribution >= 4 is 23.8 Å². The number of carbonyl (C=O) groups is 2. The Balaban J connectivity index is 2.34. The highest BCUT2D eigenvalue weighted by molar-refractivity contribution is 5.83. The largest absolute Gasteiger partial charge is 0.449 e. The van der Waals surface area contributed by atoms with Gasteiger partial charge in [0, 0.05) is 19.2 Å². The van der Waals surface area contributed by atoms with E-state index >= 15 is 0 Å².